The minimum absolute atomic E-state index is 0. The van der Waals surface area contributed by atoms with Crippen LogP contribution in [0.1, 0.15) is 19.8 Å². The summed E-state index contributed by atoms with van der Waals surface area (Å²) in [7, 11) is 0. The minimum Gasteiger partial charge on any atom is -0.396 e. The van der Waals surface area contributed by atoms with Crippen molar-refractivity contribution in [3.63, 3.8) is 0 Å². The van der Waals surface area contributed by atoms with Crippen LogP contribution < -0.4 is 0 Å². The maximum Gasteiger partial charge on any atom is 2.00 e. The number of nitrogens with zero attached hydrogens (tertiary/aromatic N) is 2. The first-order valence-electron chi connectivity index (χ1n) is 3.12. The van der Waals surface area contributed by atoms with Gasteiger partial charge in [-0.1, -0.05) is 13.3 Å². The molecule has 0 saturated heterocycles. The molecule has 0 amide bonds. The van der Waals surface area contributed by atoms with Crippen LogP contribution in [0.4, 0.5) is 0 Å². The Balaban J connectivity index is -0.0000000522. The number of unbranched alkanes of at least 4 members (excludes halogenated alkanes) is 1. The van der Waals surface area contributed by atoms with Crippen molar-refractivity contribution in [2.24, 2.45) is 0 Å². The van der Waals surface area contributed by atoms with Gasteiger partial charge in [0.2, 0.25) is 0 Å². The van der Waals surface area contributed by atoms with Gasteiger partial charge in [0.15, 0.2) is 0 Å². The normalized spacial score (nSPS) is 6.43. The van der Waals surface area contributed by atoms with E-state index >= 15 is 0 Å². The Morgan fingerprint density at radius 2 is 1.29 bits per heavy atom. The van der Waals surface area contributed by atoms with Crippen LogP contribution in [0.25, 0.3) is 0 Å². The first-order valence-corrected chi connectivity index (χ1v) is 3.12. The third-order valence-electron chi connectivity index (χ3n) is 0.512. The molecule has 0 saturated carbocycles. The maximum absolute atomic E-state index is 8.25. The van der Waals surface area contributed by atoms with Crippen LogP contribution in [0, 0.1) is 30.6 Å². The van der Waals surface area contributed by atoms with Gasteiger partial charge < -0.3 is 35.7 Å². The monoisotopic (exact) mass is 257 g/mol. The summed E-state index contributed by atoms with van der Waals surface area (Å²) in [6, 6.07) is 0. The molecular weight excluding hydrogens is 247 g/mol. The molecule has 0 heterocycles. The molecule has 0 atom stereocenters. The standard InChI is InChI=1S/C4H10O.Co.2NO3/c1-2-3-4-5;;2*2-1(3)4/h5H,2-4H2,1H3;;;/q;+2;2*-1. The zero-order chi connectivity index (χ0) is 11.3. The molecule has 1 radical (unpaired) electrons. The van der Waals surface area contributed by atoms with Gasteiger partial charge in [-0.2, -0.15) is 0 Å². The molecular formula is C4H10CoN2O7. The Morgan fingerprint density at radius 3 is 1.29 bits per heavy atom. The van der Waals surface area contributed by atoms with E-state index in [4.69, 9.17) is 35.7 Å². The second-order valence-electron chi connectivity index (χ2n) is 1.52. The molecule has 0 aliphatic heterocycles. The Hall–Kier alpha value is -1.13. The molecule has 0 aromatic rings. The number of aliphatic hydroxyl groups excluding tert-OH is 1. The minimum atomic E-state index is -1.75. The largest absolute Gasteiger partial charge is 2.00 e. The fourth-order valence-electron chi connectivity index (χ4n) is 0.158. The van der Waals surface area contributed by atoms with Crippen molar-refractivity contribution in [2.75, 3.05) is 6.61 Å². The third-order valence-corrected chi connectivity index (χ3v) is 0.512. The summed E-state index contributed by atoms with van der Waals surface area (Å²) in [4.78, 5) is 16.5. The molecule has 0 aliphatic carbocycles. The molecule has 1 N–H and O–H groups in total. The summed E-state index contributed by atoms with van der Waals surface area (Å²) in [5, 5.41) is 37.6. The van der Waals surface area contributed by atoms with Gasteiger partial charge >= 0.3 is 16.8 Å². The predicted molar refractivity (Wildman–Crippen MR) is 42.7 cm³/mol. The predicted octanol–water partition coefficient (Wildman–Crippen LogP) is 0.298. The van der Waals surface area contributed by atoms with Crippen molar-refractivity contribution in [1.82, 2.24) is 0 Å². The molecule has 0 aromatic heterocycles. The van der Waals surface area contributed by atoms with E-state index in [-0.39, 0.29) is 16.8 Å². The van der Waals surface area contributed by atoms with Crippen molar-refractivity contribution < 1.29 is 32.1 Å². The van der Waals surface area contributed by atoms with E-state index in [9.17, 15) is 0 Å². The average molecular weight is 257 g/mol. The van der Waals surface area contributed by atoms with Gasteiger partial charge in [0.1, 0.15) is 0 Å². The van der Waals surface area contributed by atoms with Gasteiger partial charge in [-0.05, 0) is 6.42 Å². The molecule has 0 rings (SSSR count). The summed E-state index contributed by atoms with van der Waals surface area (Å²) in [5.74, 6) is 0. The summed E-state index contributed by atoms with van der Waals surface area (Å²) >= 11 is 0. The van der Waals surface area contributed by atoms with Crippen LogP contribution in [0.5, 0.6) is 0 Å². The zero-order valence-electron chi connectivity index (χ0n) is 7.25. The van der Waals surface area contributed by atoms with E-state index in [2.05, 4.69) is 6.92 Å². The molecule has 0 spiro atoms. The van der Waals surface area contributed by atoms with Crippen molar-refractivity contribution in [3.05, 3.63) is 30.6 Å². The quantitative estimate of drug-likeness (QED) is 0.551. The summed E-state index contributed by atoms with van der Waals surface area (Å²) in [6.45, 7) is 2.40. The first kappa shape index (κ1) is 23.0. The number of hydrogen-bond donors (Lipinski definition) is 1. The van der Waals surface area contributed by atoms with E-state index in [0.717, 1.165) is 12.8 Å². The molecule has 0 aromatic carbocycles. The summed E-state index contributed by atoms with van der Waals surface area (Å²) < 4.78 is 0. The van der Waals surface area contributed by atoms with Gasteiger partial charge in [-0.15, -0.1) is 0 Å². The first-order chi connectivity index (χ1) is 5.88. The molecule has 10 heteroatoms. The van der Waals surface area contributed by atoms with Crippen LogP contribution in [0.15, 0.2) is 0 Å². The molecule has 0 aliphatic rings. The number of aliphatic hydroxyl groups is 1. The van der Waals surface area contributed by atoms with E-state index in [1.807, 2.05) is 0 Å². The van der Waals surface area contributed by atoms with Crippen LogP contribution in [-0.2, 0) is 16.8 Å². The van der Waals surface area contributed by atoms with Crippen molar-refractivity contribution in [2.45, 2.75) is 19.8 Å². The number of rotatable bonds is 2. The summed E-state index contributed by atoms with van der Waals surface area (Å²) in [6.07, 6.45) is 2.04. The van der Waals surface area contributed by atoms with Gasteiger partial charge in [-0.3, -0.25) is 0 Å². The van der Waals surface area contributed by atoms with E-state index in [0.29, 0.717) is 6.61 Å². The SMILES string of the molecule is CCCCO.O=[N+]([O-])[O-].O=[N+]([O-])[O-].[Co+2]. The van der Waals surface area contributed by atoms with Crippen LogP contribution in [-0.4, -0.2) is 21.9 Å². The van der Waals surface area contributed by atoms with Gasteiger partial charge in [0.25, 0.3) is 0 Å². The fourth-order valence-corrected chi connectivity index (χ4v) is 0.158. The molecule has 0 fully saturated rings. The molecule has 9 nitrogen and oxygen atoms in total. The fraction of sp³-hybridized carbons (Fsp3) is 1.00. The van der Waals surface area contributed by atoms with Gasteiger partial charge in [-0.25, -0.2) is 0 Å². The Kier molecular flexibility index (Phi) is 37.3. The van der Waals surface area contributed by atoms with E-state index in [1.54, 1.807) is 0 Å². The average Bonchev–Trinajstić information content (AvgIpc) is 1.86. The maximum atomic E-state index is 8.25. The van der Waals surface area contributed by atoms with Crippen LogP contribution in [0.2, 0.25) is 0 Å². The Morgan fingerprint density at radius 1 is 1.07 bits per heavy atom. The van der Waals surface area contributed by atoms with Crippen molar-refractivity contribution in [3.8, 4) is 0 Å². The smallest absolute Gasteiger partial charge is 0.396 e. The molecule has 14 heavy (non-hydrogen) atoms. The Labute approximate surface area is 89.8 Å². The van der Waals surface area contributed by atoms with E-state index < -0.39 is 10.2 Å². The van der Waals surface area contributed by atoms with Gasteiger partial charge in [0.05, 0.1) is 10.2 Å². The van der Waals surface area contributed by atoms with Crippen molar-refractivity contribution >= 4 is 0 Å². The van der Waals surface area contributed by atoms with E-state index in [1.165, 1.54) is 0 Å². The molecule has 0 bridgehead atoms. The third kappa shape index (κ3) is 1410. The second-order valence-corrected chi connectivity index (χ2v) is 1.52. The van der Waals surface area contributed by atoms with Crippen molar-refractivity contribution in [1.29, 1.82) is 0 Å². The number of hydrogen-bond acceptors (Lipinski definition) is 7. The Bertz CT molecular complexity index is 111. The van der Waals surface area contributed by atoms with Gasteiger partial charge in [0, 0.05) is 6.61 Å². The molecule has 0 unspecified atom stereocenters. The van der Waals surface area contributed by atoms with Crippen LogP contribution in [0.3, 0.4) is 0 Å². The summed E-state index contributed by atoms with van der Waals surface area (Å²) in [5.41, 5.74) is 0. The topological polar surface area (TPSA) is 153 Å². The molecule has 87 valence electrons. The van der Waals surface area contributed by atoms with Crippen LogP contribution >= 0.6 is 0 Å². The zero-order valence-corrected chi connectivity index (χ0v) is 8.29. The second kappa shape index (κ2) is 22.6.